The molecule has 0 N–H and O–H groups in total. The highest BCUT2D eigenvalue weighted by molar-refractivity contribution is 5.59. The summed E-state index contributed by atoms with van der Waals surface area (Å²) < 4.78 is 42.9. The van der Waals surface area contributed by atoms with Gasteiger partial charge in [-0.3, -0.25) is 0 Å². The molecule has 6 heteroatoms. The number of hydrogen-bond donors (Lipinski definition) is 0. The van der Waals surface area contributed by atoms with Gasteiger partial charge in [0.15, 0.2) is 5.82 Å². The third-order valence-corrected chi connectivity index (χ3v) is 2.49. The molecule has 2 rings (SSSR count). The molecule has 0 amide bonds. The average Bonchev–Trinajstić information content (AvgIpc) is 2.37. The SMILES string of the molecule is COc1cc(C)cc(-c2nccc(C(F)(F)F)n2)c1. The van der Waals surface area contributed by atoms with Crippen LogP contribution in [0.5, 0.6) is 5.75 Å². The van der Waals surface area contributed by atoms with Crippen LogP contribution in [-0.2, 0) is 6.18 Å². The molecular formula is C13H11F3N2O. The van der Waals surface area contributed by atoms with Gasteiger partial charge in [0.1, 0.15) is 11.4 Å². The summed E-state index contributed by atoms with van der Waals surface area (Å²) in [6.07, 6.45) is -3.38. The predicted molar refractivity (Wildman–Crippen MR) is 63.8 cm³/mol. The molecule has 0 saturated carbocycles. The van der Waals surface area contributed by atoms with Crippen LogP contribution in [0.3, 0.4) is 0 Å². The largest absolute Gasteiger partial charge is 0.497 e. The van der Waals surface area contributed by atoms with E-state index in [0.717, 1.165) is 17.8 Å². The van der Waals surface area contributed by atoms with Gasteiger partial charge in [-0.15, -0.1) is 0 Å². The van der Waals surface area contributed by atoms with Crippen LogP contribution in [0.1, 0.15) is 11.3 Å². The van der Waals surface area contributed by atoms with Crippen molar-refractivity contribution in [2.45, 2.75) is 13.1 Å². The molecule has 1 aromatic heterocycles. The Morgan fingerprint density at radius 1 is 1.16 bits per heavy atom. The van der Waals surface area contributed by atoms with E-state index in [1.54, 1.807) is 18.2 Å². The van der Waals surface area contributed by atoms with Crippen LogP contribution < -0.4 is 4.74 Å². The zero-order chi connectivity index (χ0) is 14.0. The van der Waals surface area contributed by atoms with E-state index in [1.165, 1.54) is 7.11 Å². The first-order valence-electron chi connectivity index (χ1n) is 5.46. The molecular weight excluding hydrogens is 257 g/mol. The third-order valence-electron chi connectivity index (χ3n) is 2.49. The van der Waals surface area contributed by atoms with E-state index in [9.17, 15) is 13.2 Å². The molecule has 0 aliphatic rings. The van der Waals surface area contributed by atoms with Gasteiger partial charge in [-0.25, -0.2) is 9.97 Å². The quantitative estimate of drug-likeness (QED) is 0.836. The molecule has 100 valence electrons. The van der Waals surface area contributed by atoms with E-state index in [1.807, 2.05) is 6.92 Å². The summed E-state index contributed by atoms with van der Waals surface area (Å²) in [5.41, 5.74) is 0.385. The van der Waals surface area contributed by atoms with Gasteiger partial charge in [-0.1, -0.05) is 0 Å². The average molecular weight is 268 g/mol. The maximum absolute atomic E-state index is 12.6. The Morgan fingerprint density at radius 3 is 2.53 bits per heavy atom. The van der Waals surface area contributed by atoms with Gasteiger partial charge in [0.05, 0.1) is 7.11 Å². The molecule has 0 spiro atoms. The molecule has 2 aromatic rings. The zero-order valence-corrected chi connectivity index (χ0v) is 10.3. The lowest BCUT2D eigenvalue weighted by atomic mass is 10.1. The molecule has 0 atom stereocenters. The Morgan fingerprint density at radius 2 is 1.89 bits per heavy atom. The Hall–Kier alpha value is -2.11. The number of halogens is 3. The normalized spacial score (nSPS) is 11.4. The van der Waals surface area contributed by atoms with Crippen LogP contribution in [0.4, 0.5) is 13.2 Å². The number of ether oxygens (including phenoxy) is 1. The fourth-order valence-corrected chi connectivity index (χ4v) is 1.65. The molecule has 0 bridgehead atoms. The van der Waals surface area contributed by atoms with Crippen LogP contribution >= 0.6 is 0 Å². The highest BCUT2D eigenvalue weighted by atomic mass is 19.4. The summed E-state index contributed by atoms with van der Waals surface area (Å²) >= 11 is 0. The lowest BCUT2D eigenvalue weighted by Crippen LogP contribution is -2.09. The molecule has 0 saturated heterocycles. The highest BCUT2D eigenvalue weighted by Gasteiger charge is 2.32. The van der Waals surface area contributed by atoms with Crippen molar-refractivity contribution in [1.29, 1.82) is 0 Å². The molecule has 1 heterocycles. The third kappa shape index (κ3) is 3.01. The van der Waals surface area contributed by atoms with E-state index in [-0.39, 0.29) is 5.82 Å². The van der Waals surface area contributed by atoms with Gasteiger partial charge in [0, 0.05) is 11.8 Å². The second-order valence-corrected chi connectivity index (χ2v) is 4.00. The number of aryl methyl sites for hydroxylation is 1. The van der Waals surface area contributed by atoms with Crippen molar-refractivity contribution in [3.05, 3.63) is 41.7 Å². The smallest absolute Gasteiger partial charge is 0.433 e. The Bertz CT molecular complexity index is 597. The molecule has 0 aliphatic heterocycles. The number of alkyl halides is 3. The lowest BCUT2D eigenvalue weighted by Gasteiger charge is -2.08. The number of methoxy groups -OCH3 is 1. The maximum Gasteiger partial charge on any atom is 0.433 e. The number of nitrogens with zero attached hydrogens (tertiary/aromatic N) is 2. The predicted octanol–water partition coefficient (Wildman–Crippen LogP) is 3.48. The van der Waals surface area contributed by atoms with E-state index in [2.05, 4.69) is 9.97 Å². The molecule has 0 unspecified atom stereocenters. The Labute approximate surface area is 108 Å². The maximum atomic E-state index is 12.6. The van der Waals surface area contributed by atoms with Gasteiger partial charge >= 0.3 is 6.18 Å². The van der Waals surface area contributed by atoms with E-state index < -0.39 is 11.9 Å². The highest BCUT2D eigenvalue weighted by Crippen LogP contribution is 2.29. The summed E-state index contributed by atoms with van der Waals surface area (Å²) in [6.45, 7) is 1.82. The fourth-order valence-electron chi connectivity index (χ4n) is 1.65. The first-order valence-corrected chi connectivity index (χ1v) is 5.46. The van der Waals surface area contributed by atoms with Crippen molar-refractivity contribution in [3.63, 3.8) is 0 Å². The number of benzene rings is 1. The molecule has 19 heavy (non-hydrogen) atoms. The summed E-state index contributed by atoms with van der Waals surface area (Å²) in [5, 5.41) is 0. The number of aromatic nitrogens is 2. The van der Waals surface area contributed by atoms with Crippen molar-refractivity contribution < 1.29 is 17.9 Å². The van der Waals surface area contributed by atoms with Crippen LogP contribution in [0, 0.1) is 6.92 Å². The van der Waals surface area contributed by atoms with Gasteiger partial charge < -0.3 is 4.74 Å². The minimum atomic E-state index is -4.48. The Kier molecular flexibility index (Phi) is 3.42. The summed E-state index contributed by atoms with van der Waals surface area (Å²) in [7, 11) is 1.49. The van der Waals surface area contributed by atoms with E-state index in [0.29, 0.717) is 11.3 Å². The molecule has 0 fully saturated rings. The lowest BCUT2D eigenvalue weighted by molar-refractivity contribution is -0.141. The van der Waals surface area contributed by atoms with Crippen molar-refractivity contribution >= 4 is 0 Å². The fraction of sp³-hybridized carbons (Fsp3) is 0.231. The van der Waals surface area contributed by atoms with Crippen molar-refractivity contribution in [1.82, 2.24) is 9.97 Å². The second kappa shape index (κ2) is 4.87. The first kappa shape index (κ1) is 13.3. The van der Waals surface area contributed by atoms with Crippen molar-refractivity contribution in [2.75, 3.05) is 7.11 Å². The monoisotopic (exact) mass is 268 g/mol. The second-order valence-electron chi connectivity index (χ2n) is 4.00. The van der Waals surface area contributed by atoms with E-state index in [4.69, 9.17) is 4.74 Å². The first-order chi connectivity index (χ1) is 8.90. The number of rotatable bonds is 2. The zero-order valence-electron chi connectivity index (χ0n) is 10.3. The van der Waals surface area contributed by atoms with Gasteiger partial charge in [0.25, 0.3) is 0 Å². The summed E-state index contributed by atoms with van der Waals surface area (Å²) in [5.74, 6) is 0.577. The van der Waals surface area contributed by atoms with Crippen LogP contribution in [0.25, 0.3) is 11.4 Å². The summed E-state index contributed by atoms with van der Waals surface area (Å²) in [4.78, 5) is 7.41. The van der Waals surface area contributed by atoms with Gasteiger partial charge in [-0.05, 0) is 36.8 Å². The number of hydrogen-bond acceptors (Lipinski definition) is 3. The minimum Gasteiger partial charge on any atom is -0.497 e. The van der Waals surface area contributed by atoms with Gasteiger partial charge in [-0.2, -0.15) is 13.2 Å². The summed E-state index contributed by atoms with van der Waals surface area (Å²) in [6, 6.07) is 5.92. The van der Waals surface area contributed by atoms with Crippen molar-refractivity contribution in [3.8, 4) is 17.1 Å². The topological polar surface area (TPSA) is 35.0 Å². The molecule has 1 aromatic carbocycles. The standard InChI is InChI=1S/C13H11F3N2O/c1-8-5-9(7-10(6-8)19-2)12-17-4-3-11(18-12)13(14,15)16/h3-7H,1-2H3. The van der Waals surface area contributed by atoms with Crippen LogP contribution in [-0.4, -0.2) is 17.1 Å². The van der Waals surface area contributed by atoms with Crippen molar-refractivity contribution in [2.24, 2.45) is 0 Å². The van der Waals surface area contributed by atoms with E-state index >= 15 is 0 Å². The molecule has 0 radical (unpaired) electrons. The Balaban J connectivity index is 2.50. The van der Waals surface area contributed by atoms with Gasteiger partial charge in [0.2, 0.25) is 0 Å². The van der Waals surface area contributed by atoms with Crippen LogP contribution in [0.2, 0.25) is 0 Å². The molecule has 0 aliphatic carbocycles. The molecule has 3 nitrogen and oxygen atoms in total. The minimum absolute atomic E-state index is 0.0248. The van der Waals surface area contributed by atoms with Crippen LogP contribution in [0.15, 0.2) is 30.5 Å².